The monoisotopic (exact) mass is 257 g/mol. The number of amides is 1. The molecule has 3 aliphatic rings. The summed E-state index contributed by atoms with van der Waals surface area (Å²) in [5, 5.41) is 0. The third-order valence-electron chi connectivity index (χ3n) is 3.77. The molecule has 0 bridgehead atoms. The smallest absolute Gasteiger partial charge is 0.339 e. The fourth-order valence-corrected chi connectivity index (χ4v) is 2.78. The molecule has 0 aromatic rings. The Kier molecular flexibility index (Phi) is 2.85. The van der Waals surface area contributed by atoms with Gasteiger partial charge in [0.2, 0.25) is 5.91 Å². The highest BCUT2D eigenvalue weighted by atomic mass is 16.5. The first-order valence-corrected chi connectivity index (χ1v) is 6.52. The maximum Gasteiger partial charge on any atom is 0.339 e. The number of rotatable bonds is 3. The van der Waals surface area contributed by atoms with E-state index < -0.39 is 5.91 Å². The highest BCUT2D eigenvalue weighted by Crippen LogP contribution is 2.37. The number of primary amides is 1. The number of fused-ring (bicyclic) bond motifs is 1. The van der Waals surface area contributed by atoms with Gasteiger partial charge in [-0.25, -0.2) is 4.79 Å². The summed E-state index contributed by atoms with van der Waals surface area (Å²) in [5.41, 5.74) is 7.74. The van der Waals surface area contributed by atoms with Crippen LogP contribution in [0.1, 0.15) is 25.7 Å². The van der Waals surface area contributed by atoms with Crippen molar-refractivity contribution in [1.82, 2.24) is 0 Å². The predicted octanol–water partition coefficient (Wildman–Crippen LogP) is 1.69. The Morgan fingerprint density at radius 2 is 1.58 bits per heavy atom. The van der Waals surface area contributed by atoms with Crippen LogP contribution in [0, 0.1) is 0 Å². The van der Waals surface area contributed by atoms with Gasteiger partial charge in [0.25, 0.3) is 0 Å². The van der Waals surface area contributed by atoms with Crippen LogP contribution in [0.15, 0.2) is 46.6 Å². The fourth-order valence-electron chi connectivity index (χ4n) is 2.78. The Hall–Kier alpha value is -2.10. The van der Waals surface area contributed by atoms with E-state index >= 15 is 0 Å². The van der Waals surface area contributed by atoms with Crippen LogP contribution in [0.4, 0.5) is 0 Å². The second-order valence-electron chi connectivity index (χ2n) is 5.00. The molecule has 2 N–H and O–H groups in total. The first-order valence-electron chi connectivity index (χ1n) is 6.52. The number of carbonyl (C=O) groups excluding carboxylic acids is 2. The number of carbonyl (C=O) groups is 2. The van der Waals surface area contributed by atoms with E-state index in [9.17, 15) is 9.59 Å². The van der Waals surface area contributed by atoms with Gasteiger partial charge in [0.1, 0.15) is 6.10 Å². The van der Waals surface area contributed by atoms with Gasteiger partial charge in [0.05, 0.1) is 5.57 Å². The Balaban J connectivity index is 1.70. The third kappa shape index (κ3) is 2.03. The molecule has 0 aliphatic heterocycles. The van der Waals surface area contributed by atoms with E-state index in [0.717, 1.165) is 36.8 Å². The Bertz CT molecular complexity index is 572. The van der Waals surface area contributed by atoms with Gasteiger partial charge in [-0.1, -0.05) is 12.2 Å². The second kappa shape index (κ2) is 4.53. The van der Waals surface area contributed by atoms with E-state index in [1.165, 1.54) is 0 Å². The van der Waals surface area contributed by atoms with E-state index in [2.05, 4.69) is 0 Å². The molecular weight excluding hydrogens is 242 g/mol. The van der Waals surface area contributed by atoms with Crippen molar-refractivity contribution >= 4 is 11.9 Å². The molecule has 0 saturated heterocycles. The van der Waals surface area contributed by atoms with Crippen LogP contribution >= 0.6 is 0 Å². The molecule has 1 amide bonds. The van der Waals surface area contributed by atoms with Crippen molar-refractivity contribution in [3.63, 3.8) is 0 Å². The van der Waals surface area contributed by atoms with Crippen LogP contribution in [0.25, 0.3) is 0 Å². The Morgan fingerprint density at radius 3 is 2.21 bits per heavy atom. The van der Waals surface area contributed by atoms with Crippen LogP contribution in [0.2, 0.25) is 0 Å². The quantitative estimate of drug-likeness (QED) is 0.782. The number of nitrogens with two attached hydrogens (primary N) is 1. The van der Waals surface area contributed by atoms with E-state index in [4.69, 9.17) is 10.5 Å². The summed E-state index contributed by atoms with van der Waals surface area (Å²) in [5.74, 6) is -0.778. The van der Waals surface area contributed by atoms with Gasteiger partial charge in [0.15, 0.2) is 0 Å². The molecule has 19 heavy (non-hydrogen) atoms. The minimum absolute atomic E-state index is 0.0445. The zero-order valence-electron chi connectivity index (χ0n) is 10.5. The number of ether oxygens (including phenoxy) is 1. The first kappa shape index (κ1) is 12.0. The normalized spacial score (nSPS) is 21.5. The van der Waals surface area contributed by atoms with E-state index in [-0.39, 0.29) is 12.1 Å². The zero-order chi connectivity index (χ0) is 13.4. The van der Waals surface area contributed by atoms with Crippen molar-refractivity contribution in [2.24, 2.45) is 5.73 Å². The SMILES string of the molecule is NC(=O)C1=CC=C2C(C(=O)OC3CCCC3)=CC=C12. The average Bonchev–Trinajstić information content (AvgIpc) is 3.03. The van der Waals surface area contributed by atoms with Gasteiger partial charge >= 0.3 is 5.97 Å². The minimum atomic E-state index is -0.476. The highest BCUT2D eigenvalue weighted by Gasteiger charge is 2.31. The van der Waals surface area contributed by atoms with Gasteiger partial charge < -0.3 is 10.5 Å². The summed E-state index contributed by atoms with van der Waals surface area (Å²) in [6.07, 6.45) is 11.0. The molecule has 0 spiro atoms. The van der Waals surface area contributed by atoms with E-state index in [0.29, 0.717) is 11.1 Å². The van der Waals surface area contributed by atoms with Crippen LogP contribution in [-0.4, -0.2) is 18.0 Å². The molecule has 0 aromatic heterocycles. The number of hydrogen-bond acceptors (Lipinski definition) is 3. The van der Waals surface area contributed by atoms with Gasteiger partial charge in [-0.15, -0.1) is 0 Å². The summed E-state index contributed by atoms with van der Waals surface area (Å²) >= 11 is 0. The lowest BCUT2D eigenvalue weighted by Gasteiger charge is -2.13. The molecule has 1 saturated carbocycles. The largest absolute Gasteiger partial charge is 0.459 e. The maximum atomic E-state index is 12.1. The van der Waals surface area contributed by atoms with Crippen molar-refractivity contribution in [1.29, 1.82) is 0 Å². The first-order chi connectivity index (χ1) is 9.16. The zero-order valence-corrected chi connectivity index (χ0v) is 10.5. The Labute approximate surface area is 111 Å². The van der Waals surface area contributed by atoms with Gasteiger partial charge in [-0.3, -0.25) is 4.79 Å². The second-order valence-corrected chi connectivity index (χ2v) is 5.00. The summed E-state index contributed by atoms with van der Waals surface area (Å²) < 4.78 is 5.48. The van der Waals surface area contributed by atoms with E-state index in [1.807, 2.05) is 0 Å². The summed E-state index contributed by atoms with van der Waals surface area (Å²) in [4.78, 5) is 23.4. The third-order valence-corrected chi connectivity index (χ3v) is 3.77. The lowest BCUT2D eigenvalue weighted by Crippen LogP contribution is -2.17. The topological polar surface area (TPSA) is 69.4 Å². The Morgan fingerprint density at radius 1 is 1.00 bits per heavy atom. The van der Waals surface area contributed by atoms with Gasteiger partial charge in [-0.05, 0) is 49.0 Å². The molecule has 1 fully saturated rings. The molecule has 0 radical (unpaired) electrons. The molecule has 0 unspecified atom stereocenters. The molecule has 3 aliphatic carbocycles. The summed E-state index contributed by atoms with van der Waals surface area (Å²) in [6, 6.07) is 0. The maximum absolute atomic E-state index is 12.1. The molecule has 4 heteroatoms. The lowest BCUT2D eigenvalue weighted by atomic mass is 10.0. The van der Waals surface area contributed by atoms with Crippen LogP contribution in [0.5, 0.6) is 0 Å². The van der Waals surface area contributed by atoms with Crippen LogP contribution in [-0.2, 0) is 14.3 Å². The molecule has 3 rings (SSSR count). The number of hydrogen-bond donors (Lipinski definition) is 1. The van der Waals surface area contributed by atoms with Crippen molar-refractivity contribution in [3.8, 4) is 0 Å². The van der Waals surface area contributed by atoms with Gasteiger partial charge in [-0.2, -0.15) is 0 Å². The van der Waals surface area contributed by atoms with Crippen LogP contribution < -0.4 is 5.73 Å². The number of allylic oxidation sites excluding steroid dienone is 4. The minimum Gasteiger partial charge on any atom is -0.459 e. The summed E-state index contributed by atoms with van der Waals surface area (Å²) in [6.45, 7) is 0. The van der Waals surface area contributed by atoms with Crippen molar-refractivity contribution in [3.05, 3.63) is 46.6 Å². The highest BCUT2D eigenvalue weighted by molar-refractivity contribution is 6.06. The lowest BCUT2D eigenvalue weighted by molar-refractivity contribution is -0.143. The molecule has 0 aromatic carbocycles. The molecule has 0 heterocycles. The standard InChI is InChI=1S/C15H15NO3/c16-14(17)12-7-5-11-10(12)6-8-13(11)15(18)19-9-3-1-2-4-9/h5-9H,1-4H2,(H2,16,17). The molecular formula is C15H15NO3. The number of esters is 1. The summed E-state index contributed by atoms with van der Waals surface area (Å²) in [7, 11) is 0. The molecule has 4 nitrogen and oxygen atoms in total. The van der Waals surface area contributed by atoms with Crippen molar-refractivity contribution in [2.45, 2.75) is 31.8 Å². The van der Waals surface area contributed by atoms with Crippen molar-refractivity contribution in [2.75, 3.05) is 0 Å². The molecule has 0 atom stereocenters. The molecule has 98 valence electrons. The van der Waals surface area contributed by atoms with Crippen LogP contribution in [0.3, 0.4) is 0 Å². The average molecular weight is 257 g/mol. The van der Waals surface area contributed by atoms with Crippen molar-refractivity contribution < 1.29 is 14.3 Å². The predicted molar refractivity (Wildman–Crippen MR) is 69.9 cm³/mol. The van der Waals surface area contributed by atoms with Gasteiger partial charge in [0, 0.05) is 5.57 Å². The fraction of sp³-hybridized carbons (Fsp3) is 0.333. The van der Waals surface area contributed by atoms with E-state index in [1.54, 1.807) is 24.3 Å².